The summed E-state index contributed by atoms with van der Waals surface area (Å²) in [7, 11) is 0. The highest BCUT2D eigenvalue weighted by molar-refractivity contribution is 9.10. The van der Waals surface area contributed by atoms with Gasteiger partial charge in [-0.1, -0.05) is 27.5 Å². The van der Waals surface area contributed by atoms with Crippen molar-refractivity contribution in [3.05, 3.63) is 27.2 Å². The molecule has 1 aromatic carbocycles. The first-order valence-electron chi connectivity index (χ1n) is 8.58. The second kappa shape index (κ2) is 7.33. The Balaban J connectivity index is 1.68. The minimum absolute atomic E-state index is 0.227. The second-order valence-corrected chi connectivity index (χ2v) is 8.78. The smallest absolute Gasteiger partial charge is 0.410 e. The molecule has 1 aromatic rings. The fourth-order valence-electron chi connectivity index (χ4n) is 3.34. The van der Waals surface area contributed by atoms with Crippen LogP contribution >= 0.6 is 27.5 Å². The molecule has 1 unspecified atom stereocenters. The van der Waals surface area contributed by atoms with Crippen LogP contribution in [-0.2, 0) is 4.74 Å². The van der Waals surface area contributed by atoms with Gasteiger partial charge in [0.05, 0.1) is 11.6 Å². The molecule has 0 saturated carbocycles. The zero-order chi connectivity index (χ0) is 18.2. The average Bonchev–Trinajstić information content (AvgIpc) is 2.52. The molecule has 0 spiro atoms. The lowest BCUT2D eigenvalue weighted by Crippen LogP contribution is -2.51. The van der Waals surface area contributed by atoms with Crippen LogP contribution in [0, 0.1) is 0 Å². The van der Waals surface area contributed by atoms with Crippen LogP contribution in [0.5, 0.6) is 5.75 Å². The third kappa shape index (κ3) is 4.41. The number of rotatable bonds is 1. The van der Waals surface area contributed by atoms with Gasteiger partial charge in [0.2, 0.25) is 0 Å². The Morgan fingerprint density at radius 2 is 1.96 bits per heavy atom. The van der Waals surface area contributed by atoms with E-state index in [0.29, 0.717) is 19.7 Å². The summed E-state index contributed by atoms with van der Waals surface area (Å²) in [6, 6.07) is 4.12. The van der Waals surface area contributed by atoms with Crippen molar-refractivity contribution >= 4 is 33.6 Å². The summed E-state index contributed by atoms with van der Waals surface area (Å²) in [5.41, 5.74) is 0.594. The number of ether oxygens (including phenoxy) is 2. The van der Waals surface area contributed by atoms with Gasteiger partial charge >= 0.3 is 6.09 Å². The number of piperazine rings is 1. The Hall–Kier alpha value is -0.980. The lowest BCUT2D eigenvalue weighted by molar-refractivity contribution is 0.00778. The molecule has 7 heteroatoms. The first-order chi connectivity index (χ1) is 11.7. The maximum absolute atomic E-state index is 12.2. The largest absolute Gasteiger partial charge is 0.493 e. The van der Waals surface area contributed by atoms with Gasteiger partial charge < -0.3 is 14.4 Å². The van der Waals surface area contributed by atoms with Crippen molar-refractivity contribution in [2.24, 2.45) is 0 Å². The van der Waals surface area contributed by atoms with Crippen molar-refractivity contribution in [1.82, 2.24) is 9.80 Å². The van der Waals surface area contributed by atoms with E-state index >= 15 is 0 Å². The molecule has 5 nitrogen and oxygen atoms in total. The van der Waals surface area contributed by atoms with E-state index in [9.17, 15) is 4.79 Å². The van der Waals surface area contributed by atoms with Crippen molar-refractivity contribution in [2.45, 2.75) is 38.8 Å². The lowest BCUT2D eigenvalue weighted by atomic mass is 9.98. The summed E-state index contributed by atoms with van der Waals surface area (Å²) in [4.78, 5) is 16.4. The Kier molecular flexibility index (Phi) is 5.51. The van der Waals surface area contributed by atoms with Crippen LogP contribution < -0.4 is 4.74 Å². The monoisotopic (exact) mass is 430 g/mol. The molecule has 138 valence electrons. The van der Waals surface area contributed by atoms with Crippen molar-refractivity contribution in [2.75, 3.05) is 32.8 Å². The zero-order valence-corrected chi connectivity index (χ0v) is 17.2. The van der Waals surface area contributed by atoms with Crippen LogP contribution in [0.3, 0.4) is 0 Å². The highest BCUT2D eigenvalue weighted by Crippen LogP contribution is 2.42. The van der Waals surface area contributed by atoms with Crippen LogP contribution in [0.4, 0.5) is 4.79 Å². The van der Waals surface area contributed by atoms with E-state index < -0.39 is 5.60 Å². The normalized spacial score (nSPS) is 21.5. The van der Waals surface area contributed by atoms with Crippen molar-refractivity contribution < 1.29 is 14.3 Å². The van der Waals surface area contributed by atoms with Crippen molar-refractivity contribution in [3.8, 4) is 5.75 Å². The quantitative estimate of drug-likeness (QED) is 0.657. The third-order valence-electron chi connectivity index (χ3n) is 4.45. The topological polar surface area (TPSA) is 42.0 Å². The predicted molar refractivity (Wildman–Crippen MR) is 101 cm³/mol. The molecule has 25 heavy (non-hydrogen) atoms. The molecule has 1 saturated heterocycles. The summed E-state index contributed by atoms with van der Waals surface area (Å²) in [5.74, 6) is 0.852. The van der Waals surface area contributed by atoms with Gasteiger partial charge in [-0.15, -0.1) is 0 Å². The number of fused-ring (bicyclic) bond motifs is 1. The van der Waals surface area contributed by atoms with E-state index in [1.54, 1.807) is 4.90 Å². The van der Waals surface area contributed by atoms with Gasteiger partial charge in [0.1, 0.15) is 11.4 Å². The van der Waals surface area contributed by atoms with E-state index in [1.807, 2.05) is 32.9 Å². The second-order valence-electron chi connectivity index (χ2n) is 7.46. The molecule has 1 fully saturated rings. The number of amides is 1. The fraction of sp³-hybridized carbons (Fsp3) is 0.611. The van der Waals surface area contributed by atoms with Gasteiger partial charge in [-0.3, -0.25) is 4.90 Å². The van der Waals surface area contributed by atoms with E-state index in [1.165, 1.54) is 0 Å². The molecular weight excluding hydrogens is 408 g/mol. The Labute approximate surface area is 162 Å². The van der Waals surface area contributed by atoms with E-state index in [0.717, 1.165) is 40.3 Å². The molecule has 0 aromatic heterocycles. The number of carbonyl (C=O) groups excluding carboxylic acids is 1. The molecule has 0 radical (unpaired) electrons. The van der Waals surface area contributed by atoms with Gasteiger partial charge in [-0.2, -0.15) is 0 Å². The van der Waals surface area contributed by atoms with E-state index in [2.05, 4.69) is 20.8 Å². The number of nitrogens with zero attached hydrogens (tertiary/aromatic N) is 2. The number of hydrogen-bond donors (Lipinski definition) is 0. The molecule has 0 N–H and O–H groups in total. The standard InChI is InChI=1S/C18H24BrClN2O3/c1-18(2,3)25-17(23)22-7-5-21(6-8-22)14-4-9-24-15-11-12(19)10-13(20)16(14)15/h10-11,14H,4-9H2,1-3H3. The number of carbonyl (C=O) groups is 1. The minimum atomic E-state index is -0.464. The molecule has 1 amide bonds. The number of halogens is 2. The molecule has 0 aliphatic carbocycles. The fourth-order valence-corrected chi connectivity index (χ4v) is 4.24. The van der Waals surface area contributed by atoms with Gasteiger partial charge in [-0.05, 0) is 32.9 Å². The molecule has 1 atom stereocenters. The van der Waals surface area contributed by atoms with Gasteiger partial charge in [0.25, 0.3) is 0 Å². The summed E-state index contributed by atoms with van der Waals surface area (Å²) >= 11 is 9.96. The van der Waals surface area contributed by atoms with Crippen LogP contribution in [0.15, 0.2) is 16.6 Å². The summed E-state index contributed by atoms with van der Waals surface area (Å²) in [6.07, 6.45) is 0.669. The predicted octanol–water partition coefficient (Wildman–Crippen LogP) is 4.48. The third-order valence-corrected chi connectivity index (χ3v) is 5.22. The molecule has 3 rings (SSSR count). The van der Waals surface area contributed by atoms with E-state index in [4.69, 9.17) is 21.1 Å². The molecular formula is C18H24BrClN2O3. The summed E-state index contributed by atoms with van der Waals surface area (Å²) in [6.45, 7) is 9.27. The van der Waals surface area contributed by atoms with Crippen molar-refractivity contribution in [3.63, 3.8) is 0 Å². The molecule has 2 heterocycles. The Bertz CT molecular complexity index is 654. The molecule has 2 aliphatic rings. The molecule has 0 bridgehead atoms. The highest BCUT2D eigenvalue weighted by atomic mass is 79.9. The highest BCUT2D eigenvalue weighted by Gasteiger charge is 2.33. The van der Waals surface area contributed by atoms with Crippen molar-refractivity contribution in [1.29, 1.82) is 0 Å². The lowest BCUT2D eigenvalue weighted by Gasteiger charge is -2.41. The van der Waals surface area contributed by atoms with Gasteiger partial charge in [0, 0.05) is 48.7 Å². The van der Waals surface area contributed by atoms with Crippen LogP contribution in [-0.4, -0.2) is 54.3 Å². The van der Waals surface area contributed by atoms with Gasteiger partial charge in [-0.25, -0.2) is 4.79 Å². The summed E-state index contributed by atoms with van der Waals surface area (Å²) in [5, 5.41) is 0.726. The van der Waals surface area contributed by atoms with Crippen LogP contribution in [0.2, 0.25) is 5.02 Å². The van der Waals surface area contributed by atoms with Crippen LogP contribution in [0.1, 0.15) is 38.8 Å². The van der Waals surface area contributed by atoms with E-state index in [-0.39, 0.29) is 12.1 Å². The average molecular weight is 432 g/mol. The maximum atomic E-state index is 12.2. The maximum Gasteiger partial charge on any atom is 0.410 e. The first-order valence-corrected chi connectivity index (χ1v) is 9.75. The zero-order valence-electron chi connectivity index (χ0n) is 14.8. The van der Waals surface area contributed by atoms with Crippen LogP contribution in [0.25, 0.3) is 0 Å². The summed E-state index contributed by atoms with van der Waals surface area (Å²) < 4.78 is 12.2. The Morgan fingerprint density at radius 3 is 2.60 bits per heavy atom. The minimum Gasteiger partial charge on any atom is -0.493 e. The first kappa shape index (κ1) is 18.8. The Morgan fingerprint density at radius 1 is 1.28 bits per heavy atom. The van der Waals surface area contributed by atoms with Gasteiger partial charge in [0.15, 0.2) is 0 Å². The number of hydrogen-bond acceptors (Lipinski definition) is 4. The SMILES string of the molecule is CC(C)(C)OC(=O)N1CCN(C2CCOc3cc(Br)cc(Cl)c32)CC1. The number of benzene rings is 1. The molecule has 2 aliphatic heterocycles.